The molecule has 0 atom stereocenters. The van der Waals surface area contributed by atoms with Gasteiger partial charge in [-0.3, -0.25) is 4.79 Å². The molecular formula is C13H13NO2. The number of hydrogen-bond donors (Lipinski definition) is 1. The highest BCUT2D eigenvalue weighted by atomic mass is 16.5. The van der Waals surface area contributed by atoms with Gasteiger partial charge in [-0.2, -0.15) is 0 Å². The average Bonchev–Trinajstić information content (AvgIpc) is 2.75. The van der Waals surface area contributed by atoms with Crippen LogP contribution in [0.2, 0.25) is 0 Å². The summed E-state index contributed by atoms with van der Waals surface area (Å²) in [5.41, 5.74) is 2.10. The van der Waals surface area contributed by atoms with Crippen LogP contribution >= 0.6 is 0 Å². The van der Waals surface area contributed by atoms with E-state index < -0.39 is 0 Å². The van der Waals surface area contributed by atoms with E-state index in [0.29, 0.717) is 0 Å². The Bertz CT molecular complexity index is 525. The van der Waals surface area contributed by atoms with Gasteiger partial charge in [0.05, 0.1) is 0 Å². The fourth-order valence-electron chi connectivity index (χ4n) is 1.63. The topological polar surface area (TPSA) is 42.1 Å². The Morgan fingerprint density at radius 2 is 2.31 bits per heavy atom. The van der Waals surface area contributed by atoms with Crippen molar-refractivity contribution in [1.82, 2.24) is 4.98 Å². The molecular weight excluding hydrogens is 202 g/mol. The summed E-state index contributed by atoms with van der Waals surface area (Å²) in [5.74, 6) is -0.0324. The number of aromatic nitrogens is 1. The molecule has 0 aliphatic heterocycles. The lowest BCUT2D eigenvalue weighted by atomic mass is 10.1. The molecule has 3 nitrogen and oxygen atoms in total. The molecule has 1 heterocycles. The standard InChI is InChI=1S/C13H13NO2/c1-16-9-11(15)6-5-10-3-2-4-13-12(10)7-8-14-13/h2-8,14H,9H2,1H3. The van der Waals surface area contributed by atoms with Gasteiger partial charge in [0.2, 0.25) is 0 Å². The summed E-state index contributed by atoms with van der Waals surface area (Å²) in [6.07, 6.45) is 5.25. The largest absolute Gasteiger partial charge is 0.377 e. The molecule has 82 valence electrons. The molecule has 0 saturated heterocycles. The minimum absolute atomic E-state index is 0.0324. The second-order valence-electron chi connectivity index (χ2n) is 3.52. The highest BCUT2D eigenvalue weighted by Gasteiger charge is 1.99. The number of ketones is 1. The fourth-order valence-corrected chi connectivity index (χ4v) is 1.63. The van der Waals surface area contributed by atoms with Crippen LogP contribution in [0, 0.1) is 0 Å². The minimum atomic E-state index is -0.0324. The van der Waals surface area contributed by atoms with Crippen LogP contribution in [-0.2, 0) is 9.53 Å². The first-order valence-electron chi connectivity index (χ1n) is 5.07. The maximum Gasteiger partial charge on any atom is 0.181 e. The summed E-state index contributed by atoms with van der Waals surface area (Å²) in [4.78, 5) is 14.4. The van der Waals surface area contributed by atoms with E-state index in [1.165, 1.54) is 7.11 Å². The van der Waals surface area contributed by atoms with Crippen LogP contribution in [0.5, 0.6) is 0 Å². The maximum absolute atomic E-state index is 11.3. The molecule has 0 bridgehead atoms. The van der Waals surface area contributed by atoms with Gasteiger partial charge in [0.25, 0.3) is 0 Å². The normalized spacial score (nSPS) is 11.3. The van der Waals surface area contributed by atoms with E-state index in [1.807, 2.05) is 36.5 Å². The van der Waals surface area contributed by atoms with E-state index in [9.17, 15) is 4.79 Å². The van der Waals surface area contributed by atoms with Crippen LogP contribution in [0.15, 0.2) is 36.5 Å². The van der Waals surface area contributed by atoms with Crippen molar-refractivity contribution in [3.63, 3.8) is 0 Å². The molecule has 2 aromatic rings. The molecule has 1 aromatic heterocycles. The lowest BCUT2D eigenvalue weighted by molar-refractivity contribution is -0.117. The molecule has 1 N–H and O–H groups in total. The number of ether oxygens (including phenoxy) is 1. The maximum atomic E-state index is 11.3. The molecule has 3 heteroatoms. The van der Waals surface area contributed by atoms with E-state index in [4.69, 9.17) is 4.74 Å². The Labute approximate surface area is 93.7 Å². The van der Waals surface area contributed by atoms with Gasteiger partial charge in [-0.25, -0.2) is 0 Å². The zero-order valence-electron chi connectivity index (χ0n) is 9.07. The van der Waals surface area contributed by atoms with Crippen molar-refractivity contribution in [1.29, 1.82) is 0 Å². The van der Waals surface area contributed by atoms with Crippen molar-refractivity contribution in [2.45, 2.75) is 0 Å². The number of H-pyrrole nitrogens is 1. The minimum Gasteiger partial charge on any atom is -0.377 e. The van der Waals surface area contributed by atoms with Gasteiger partial charge in [0, 0.05) is 24.2 Å². The summed E-state index contributed by atoms with van der Waals surface area (Å²) in [6, 6.07) is 7.94. The number of nitrogens with one attached hydrogen (secondary N) is 1. The summed E-state index contributed by atoms with van der Waals surface area (Å²) >= 11 is 0. The van der Waals surface area contributed by atoms with Crippen molar-refractivity contribution in [3.05, 3.63) is 42.1 Å². The highest BCUT2D eigenvalue weighted by Crippen LogP contribution is 2.18. The molecule has 0 fully saturated rings. The number of carbonyl (C=O) groups excluding carboxylic acids is 1. The lowest BCUT2D eigenvalue weighted by Crippen LogP contribution is -2.01. The molecule has 0 spiro atoms. The van der Waals surface area contributed by atoms with Crippen LogP contribution < -0.4 is 0 Å². The predicted molar refractivity (Wildman–Crippen MR) is 64.2 cm³/mol. The second-order valence-corrected chi connectivity index (χ2v) is 3.52. The molecule has 16 heavy (non-hydrogen) atoms. The third-order valence-corrected chi connectivity index (χ3v) is 2.36. The second kappa shape index (κ2) is 4.77. The predicted octanol–water partition coefficient (Wildman–Crippen LogP) is 2.40. The fraction of sp³-hybridized carbons (Fsp3) is 0.154. The monoisotopic (exact) mass is 215 g/mol. The third kappa shape index (κ3) is 2.20. The molecule has 0 saturated carbocycles. The number of hydrogen-bond acceptors (Lipinski definition) is 2. The van der Waals surface area contributed by atoms with E-state index in [0.717, 1.165) is 16.5 Å². The zero-order valence-corrected chi connectivity index (χ0v) is 9.07. The van der Waals surface area contributed by atoms with Crippen LogP contribution in [0.1, 0.15) is 5.56 Å². The van der Waals surface area contributed by atoms with Gasteiger partial charge in [-0.05, 0) is 23.8 Å². The van der Waals surface area contributed by atoms with Gasteiger partial charge in [0.15, 0.2) is 5.78 Å². The summed E-state index contributed by atoms with van der Waals surface area (Å²) in [7, 11) is 1.51. The van der Waals surface area contributed by atoms with Crippen molar-refractivity contribution in [2.75, 3.05) is 13.7 Å². The van der Waals surface area contributed by atoms with E-state index in [1.54, 1.807) is 6.08 Å². The number of methoxy groups -OCH3 is 1. The average molecular weight is 215 g/mol. The summed E-state index contributed by atoms with van der Waals surface area (Å²) in [5, 5.41) is 1.11. The molecule has 0 aliphatic rings. The van der Waals surface area contributed by atoms with Gasteiger partial charge in [0.1, 0.15) is 6.61 Å². The quantitative estimate of drug-likeness (QED) is 0.796. The smallest absolute Gasteiger partial charge is 0.181 e. The first-order chi connectivity index (χ1) is 7.81. The van der Waals surface area contributed by atoms with Crippen molar-refractivity contribution < 1.29 is 9.53 Å². The first kappa shape index (κ1) is 10.6. The summed E-state index contributed by atoms with van der Waals surface area (Å²) in [6.45, 7) is 0.125. The van der Waals surface area contributed by atoms with Crippen molar-refractivity contribution in [3.8, 4) is 0 Å². The lowest BCUT2D eigenvalue weighted by Gasteiger charge is -1.96. The Morgan fingerprint density at radius 3 is 3.12 bits per heavy atom. The first-order valence-corrected chi connectivity index (χ1v) is 5.07. The van der Waals surface area contributed by atoms with Gasteiger partial charge in [-0.1, -0.05) is 18.2 Å². The SMILES string of the molecule is COCC(=O)C=Cc1cccc2[nH]ccc12. The van der Waals surface area contributed by atoms with Crippen LogP contribution in [0.25, 0.3) is 17.0 Å². The van der Waals surface area contributed by atoms with Gasteiger partial charge >= 0.3 is 0 Å². The molecule has 0 aliphatic carbocycles. The van der Waals surface area contributed by atoms with Crippen LogP contribution in [-0.4, -0.2) is 24.5 Å². The molecule has 0 radical (unpaired) electrons. The van der Waals surface area contributed by atoms with Gasteiger partial charge < -0.3 is 9.72 Å². The molecule has 0 amide bonds. The van der Waals surface area contributed by atoms with Crippen LogP contribution in [0.3, 0.4) is 0 Å². The molecule has 1 aromatic carbocycles. The summed E-state index contributed by atoms with van der Waals surface area (Å²) < 4.78 is 4.76. The Kier molecular flexibility index (Phi) is 3.17. The zero-order chi connectivity index (χ0) is 11.4. The number of aromatic amines is 1. The van der Waals surface area contributed by atoms with Crippen molar-refractivity contribution in [2.24, 2.45) is 0 Å². The van der Waals surface area contributed by atoms with E-state index >= 15 is 0 Å². The third-order valence-electron chi connectivity index (χ3n) is 2.36. The van der Waals surface area contributed by atoms with Crippen LogP contribution in [0.4, 0.5) is 0 Å². The number of benzene rings is 1. The molecule has 0 unspecified atom stereocenters. The van der Waals surface area contributed by atoms with Crippen molar-refractivity contribution >= 4 is 22.8 Å². The van der Waals surface area contributed by atoms with E-state index in [-0.39, 0.29) is 12.4 Å². The number of rotatable bonds is 4. The Morgan fingerprint density at radius 1 is 1.44 bits per heavy atom. The Balaban J connectivity index is 2.27. The highest BCUT2D eigenvalue weighted by molar-refractivity contribution is 5.97. The number of fused-ring (bicyclic) bond motifs is 1. The van der Waals surface area contributed by atoms with E-state index in [2.05, 4.69) is 4.98 Å². The Hall–Kier alpha value is -1.87. The number of carbonyl (C=O) groups is 1. The van der Waals surface area contributed by atoms with Gasteiger partial charge in [-0.15, -0.1) is 0 Å². The molecule has 2 rings (SSSR count).